The minimum atomic E-state index is -3.88. The summed E-state index contributed by atoms with van der Waals surface area (Å²) in [5.74, 6) is -1.40. The van der Waals surface area contributed by atoms with E-state index < -0.39 is 39.7 Å². The Morgan fingerprint density at radius 3 is 2.65 bits per heavy atom. The second-order valence-electron chi connectivity index (χ2n) is 9.21. The van der Waals surface area contributed by atoms with Crippen LogP contribution in [-0.2, 0) is 19.6 Å². The Morgan fingerprint density at radius 2 is 1.95 bits per heavy atom. The van der Waals surface area contributed by atoms with Gasteiger partial charge < -0.3 is 10.6 Å². The molecule has 11 nitrogen and oxygen atoms in total. The highest BCUT2D eigenvalue weighted by Crippen LogP contribution is 2.21. The first-order valence-electron chi connectivity index (χ1n) is 11.9. The van der Waals surface area contributed by atoms with Crippen LogP contribution in [0.1, 0.15) is 43.6 Å². The molecule has 0 spiro atoms. The fourth-order valence-corrected chi connectivity index (χ4v) is 6.49. The van der Waals surface area contributed by atoms with Crippen LogP contribution in [0.3, 0.4) is 0 Å². The lowest BCUT2D eigenvalue weighted by molar-refractivity contribution is -0.129. The van der Waals surface area contributed by atoms with E-state index in [9.17, 15) is 22.8 Å². The quantitative estimate of drug-likeness (QED) is 0.435. The first-order chi connectivity index (χ1) is 17.6. The molecule has 0 unspecified atom stereocenters. The van der Waals surface area contributed by atoms with Crippen LogP contribution < -0.4 is 10.6 Å². The van der Waals surface area contributed by atoms with Crippen LogP contribution in [0.4, 0.5) is 0 Å². The Kier molecular flexibility index (Phi) is 8.25. The van der Waals surface area contributed by atoms with Gasteiger partial charge in [0.1, 0.15) is 11.7 Å². The zero-order valence-corrected chi connectivity index (χ0v) is 22.1. The molecule has 4 rings (SSSR count). The van der Waals surface area contributed by atoms with E-state index in [-0.39, 0.29) is 35.5 Å². The van der Waals surface area contributed by atoms with E-state index in [0.717, 1.165) is 15.6 Å². The number of sulfonamides is 1. The Hall–Kier alpha value is -3.29. The topological polar surface area (TPSA) is 151 Å². The molecule has 1 saturated heterocycles. The molecular weight excluding hydrogens is 516 g/mol. The Morgan fingerprint density at radius 1 is 1.19 bits per heavy atom. The number of rotatable bonds is 8. The van der Waals surface area contributed by atoms with Crippen molar-refractivity contribution in [2.75, 3.05) is 13.1 Å². The molecule has 1 aromatic carbocycles. The van der Waals surface area contributed by atoms with Gasteiger partial charge in [-0.2, -0.15) is 4.31 Å². The van der Waals surface area contributed by atoms with Crippen molar-refractivity contribution in [2.24, 2.45) is 5.92 Å². The highest BCUT2D eigenvalue weighted by Gasteiger charge is 2.35. The zero-order valence-electron chi connectivity index (χ0n) is 20.5. The van der Waals surface area contributed by atoms with Gasteiger partial charge in [0.25, 0.3) is 15.9 Å². The van der Waals surface area contributed by atoms with Crippen molar-refractivity contribution in [1.29, 1.82) is 0 Å². The Balaban J connectivity index is 1.44. The highest BCUT2D eigenvalue weighted by atomic mass is 32.2. The van der Waals surface area contributed by atoms with E-state index >= 15 is 0 Å². The smallest absolute Gasteiger partial charge is 0.272 e. The fraction of sp³-hybridized carbons (Fsp3) is 0.417. The molecule has 37 heavy (non-hydrogen) atoms. The lowest BCUT2D eigenvalue weighted by Crippen LogP contribution is -2.52. The molecule has 0 saturated carbocycles. The lowest BCUT2D eigenvalue weighted by atomic mass is 10.0. The van der Waals surface area contributed by atoms with Gasteiger partial charge in [0.15, 0.2) is 5.78 Å². The van der Waals surface area contributed by atoms with Gasteiger partial charge in [-0.05, 0) is 37.3 Å². The molecule has 0 aliphatic carbocycles. The van der Waals surface area contributed by atoms with Crippen molar-refractivity contribution in [2.45, 2.75) is 49.5 Å². The molecule has 1 aliphatic rings. The molecule has 1 aliphatic heterocycles. The number of ketones is 1. The molecule has 196 valence electrons. The van der Waals surface area contributed by atoms with Gasteiger partial charge in [0.05, 0.1) is 29.8 Å². The van der Waals surface area contributed by atoms with Crippen molar-refractivity contribution >= 4 is 50.0 Å². The fourth-order valence-electron chi connectivity index (χ4n) is 4.08. The highest BCUT2D eigenvalue weighted by molar-refractivity contribution is 7.91. The van der Waals surface area contributed by atoms with E-state index in [4.69, 9.17) is 0 Å². The summed E-state index contributed by atoms with van der Waals surface area (Å²) in [6.45, 7) is 3.62. The SMILES string of the molecule is CC(C)C[C@H](NC(=O)c1cnc2ccccc2n1)C(=O)N[C@H]1CCCN(S(=O)(=O)c2nccs2)CC1=O. The van der Waals surface area contributed by atoms with Gasteiger partial charge in [0.2, 0.25) is 10.2 Å². The second kappa shape index (κ2) is 11.4. The second-order valence-corrected chi connectivity index (χ2v) is 12.2. The van der Waals surface area contributed by atoms with E-state index in [2.05, 4.69) is 25.6 Å². The molecular formula is C24H28N6O5S2. The molecule has 1 fully saturated rings. The third-order valence-corrected chi connectivity index (χ3v) is 8.94. The number of carbonyl (C=O) groups is 3. The predicted molar refractivity (Wildman–Crippen MR) is 137 cm³/mol. The summed E-state index contributed by atoms with van der Waals surface area (Å²) >= 11 is 0.985. The van der Waals surface area contributed by atoms with Crippen molar-refractivity contribution in [1.82, 2.24) is 29.9 Å². The normalized spacial score (nSPS) is 17.9. The maximum absolute atomic E-state index is 13.2. The number of thiazole rings is 1. The van der Waals surface area contributed by atoms with Crippen molar-refractivity contribution in [3.05, 3.63) is 47.7 Å². The summed E-state index contributed by atoms with van der Waals surface area (Å²) in [4.78, 5) is 51.5. The standard InChI is InChI=1S/C24H28N6O5S2/c1-15(2)12-19(29-23(33)20-13-26-16-6-3-4-7-17(16)27-20)22(32)28-18-8-5-10-30(14-21(18)31)37(34,35)24-25-9-11-36-24/h3-4,6-7,9,11,13,15,18-19H,5,8,10,12,14H2,1-2H3,(H,28,32)(H,29,33)/t18-,19-/m0/s1. The van der Waals surface area contributed by atoms with Gasteiger partial charge in [-0.3, -0.25) is 19.4 Å². The first-order valence-corrected chi connectivity index (χ1v) is 14.2. The number of fused-ring (bicyclic) bond motifs is 1. The Labute approximate surface area is 218 Å². The van der Waals surface area contributed by atoms with Gasteiger partial charge >= 0.3 is 0 Å². The summed E-state index contributed by atoms with van der Waals surface area (Å²) in [5.41, 5.74) is 1.28. The number of carbonyl (C=O) groups excluding carboxylic acids is 3. The number of Topliss-reactive ketones (excluding diaryl/α,β-unsaturated/α-hetero) is 1. The number of amides is 2. The first kappa shape index (κ1) is 26.8. The van der Waals surface area contributed by atoms with Gasteiger partial charge in [-0.25, -0.2) is 18.4 Å². The van der Waals surface area contributed by atoms with Gasteiger partial charge in [0, 0.05) is 18.1 Å². The molecule has 2 atom stereocenters. The molecule has 2 aromatic heterocycles. The van der Waals surface area contributed by atoms with Crippen LogP contribution >= 0.6 is 11.3 Å². The van der Waals surface area contributed by atoms with Crippen LogP contribution in [0.2, 0.25) is 0 Å². The molecule has 2 N–H and O–H groups in total. The molecule has 3 heterocycles. The van der Waals surface area contributed by atoms with Gasteiger partial charge in [-0.15, -0.1) is 11.3 Å². The summed E-state index contributed by atoms with van der Waals surface area (Å²) < 4.78 is 26.7. The number of hydrogen-bond donors (Lipinski definition) is 2. The average molecular weight is 545 g/mol. The molecule has 0 bridgehead atoms. The number of hydrogen-bond acceptors (Lipinski definition) is 9. The third-order valence-electron chi connectivity index (χ3n) is 5.92. The van der Waals surface area contributed by atoms with Gasteiger partial charge in [-0.1, -0.05) is 26.0 Å². The summed E-state index contributed by atoms with van der Waals surface area (Å²) in [7, 11) is -3.88. The summed E-state index contributed by atoms with van der Waals surface area (Å²) in [5, 5.41) is 7.01. The monoisotopic (exact) mass is 544 g/mol. The molecule has 13 heteroatoms. The number of para-hydroxylation sites is 2. The maximum atomic E-state index is 13.2. The summed E-state index contributed by atoms with van der Waals surface area (Å²) in [6.07, 6.45) is 3.76. The van der Waals surface area contributed by atoms with E-state index in [1.165, 1.54) is 12.4 Å². The lowest BCUT2D eigenvalue weighted by Gasteiger charge is -2.23. The van der Waals surface area contributed by atoms with Crippen molar-refractivity contribution in [3.8, 4) is 0 Å². The van der Waals surface area contributed by atoms with Crippen LogP contribution in [0, 0.1) is 5.92 Å². The van der Waals surface area contributed by atoms with E-state index in [1.807, 2.05) is 19.9 Å². The van der Waals surface area contributed by atoms with Crippen molar-refractivity contribution in [3.63, 3.8) is 0 Å². The number of nitrogens with one attached hydrogen (secondary N) is 2. The minimum absolute atomic E-state index is 0.0701. The van der Waals surface area contributed by atoms with Crippen LogP contribution in [-0.4, -0.2) is 70.4 Å². The number of benzene rings is 1. The molecule has 0 radical (unpaired) electrons. The van der Waals surface area contributed by atoms with E-state index in [1.54, 1.807) is 23.6 Å². The third kappa shape index (κ3) is 6.35. The minimum Gasteiger partial charge on any atom is -0.344 e. The Bertz CT molecular complexity index is 1390. The van der Waals surface area contributed by atoms with Crippen molar-refractivity contribution < 1.29 is 22.8 Å². The van der Waals surface area contributed by atoms with E-state index in [0.29, 0.717) is 23.9 Å². The number of nitrogens with zero attached hydrogens (tertiary/aromatic N) is 4. The van der Waals surface area contributed by atoms with Crippen LogP contribution in [0.5, 0.6) is 0 Å². The molecule has 2 amide bonds. The number of aromatic nitrogens is 3. The predicted octanol–water partition coefficient (Wildman–Crippen LogP) is 1.77. The maximum Gasteiger partial charge on any atom is 0.272 e. The van der Waals surface area contributed by atoms with Crippen LogP contribution in [0.15, 0.2) is 46.4 Å². The summed E-state index contributed by atoms with van der Waals surface area (Å²) in [6, 6.07) is 5.37. The zero-order chi connectivity index (χ0) is 26.6. The largest absolute Gasteiger partial charge is 0.344 e. The average Bonchev–Trinajstić information content (AvgIpc) is 3.36. The molecule has 3 aromatic rings. The van der Waals surface area contributed by atoms with Crippen LogP contribution in [0.25, 0.3) is 11.0 Å².